The van der Waals surface area contributed by atoms with Crippen molar-refractivity contribution in [1.29, 1.82) is 5.26 Å². The highest BCUT2D eigenvalue weighted by Crippen LogP contribution is 2.43. The van der Waals surface area contributed by atoms with E-state index in [9.17, 15) is 18.5 Å². The van der Waals surface area contributed by atoms with Crippen molar-refractivity contribution in [2.45, 2.75) is 56.0 Å². The molecule has 0 amide bonds. The van der Waals surface area contributed by atoms with Gasteiger partial charge in [0.2, 0.25) is 10.0 Å². The molecule has 2 aromatic heterocycles. The first-order valence-electron chi connectivity index (χ1n) is 11.3. The molecule has 33 heavy (non-hydrogen) atoms. The number of aromatic amines is 1. The summed E-state index contributed by atoms with van der Waals surface area (Å²) in [6, 6.07) is 10.5. The first-order valence-corrected chi connectivity index (χ1v) is 12.7. The van der Waals surface area contributed by atoms with Gasteiger partial charge in [-0.1, -0.05) is 0 Å². The third-order valence-electron chi connectivity index (χ3n) is 6.63. The van der Waals surface area contributed by atoms with Crippen molar-refractivity contribution in [3.63, 3.8) is 0 Å². The van der Waals surface area contributed by atoms with E-state index in [0.29, 0.717) is 41.3 Å². The van der Waals surface area contributed by atoms with Crippen LogP contribution >= 0.6 is 0 Å². The quantitative estimate of drug-likeness (QED) is 0.549. The highest BCUT2D eigenvalue weighted by Gasteiger charge is 2.35. The Morgan fingerprint density at radius 2 is 2.00 bits per heavy atom. The van der Waals surface area contributed by atoms with Gasteiger partial charge in [-0.2, -0.15) is 14.7 Å². The summed E-state index contributed by atoms with van der Waals surface area (Å²) in [6.07, 6.45) is 5.75. The minimum absolute atomic E-state index is 0.00248. The van der Waals surface area contributed by atoms with Gasteiger partial charge in [-0.25, -0.2) is 8.42 Å². The number of pyridine rings is 1. The van der Waals surface area contributed by atoms with Gasteiger partial charge in [0.25, 0.3) is 5.56 Å². The van der Waals surface area contributed by atoms with E-state index >= 15 is 0 Å². The summed E-state index contributed by atoms with van der Waals surface area (Å²) >= 11 is 0. The third kappa shape index (κ3) is 3.92. The number of H-pyrrole nitrogens is 1. The number of anilines is 2. The Hall–Kier alpha value is -3.16. The van der Waals surface area contributed by atoms with Crippen LogP contribution < -0.4 is 10.9 Å². The Kier molecular flexibility index (Phi) is 5.46. The lowest BCUT2D eigenvalue weighted by Crippen LogP contribution is -2.33. The predicted molar refractivity (Wildman–Crippen MR) is 125 cm³/mol. The van der Waals surface area contributed by atoms with Crippen molar-refractivity contribution in [2.24, 2.45) is 5.92 Å². The van der Waals surface area contributed by atoms with Crippen LogP contribution in [0.2, 0.25) is 0 Å². The fourth-order valence-corrected chi connectivity index (χ4v) is 6.41. The molecular weight excluding hydrogens is 440 g/mol. The molecule has 172 valence electrons. The number of nitrogens with zero attached hydrogens (tertiary/aromatic N) is 4. The second-order valence-corrected chi connectivity index (χ2v) is 10.8. The number of fused-ring (bicyclic) bond motifs is 1. The van der Waals surface area contributed by atoms with Crippen LogP contribution in [0.1, 0.15) is 45.1 Å². The summed E-state index contributed by atoms with van der Waals surface area (Å²) in [4.78, 5) is 15.6. The maximum atomic E-state index is 13.0. The lowest BCUT2D eigenvalue weighted by molar-refractivity contribution is 0.408. The molecule has 5 rings (SSSR count). The first-order chi connectivity index (χ1) is 15.9. The predicted octanol–water partition coefficient (Wildman–Crippen LogP) is 3.51. The number of hydrogen-bond donors (Lipinski definition) is 2. The van der Waals surface area contributed by atoms with E-state index in [-0.39, 0.29) is 22.5 Å². The Bertz CT molecular complexity index is 1380. The number of aromatic nitrogens is 3. The van der Waals surface area contributed by atoms with Gasteiger partial charge >= 0.3 is 0 Å². The van der Waals surface area contributed by atoms with Crippen LogP contribution in [0.15, 0.2) is 46.2 Å². The van der Waals surface area contributed by atoms with Gasteiger partial charge in [-0.05, 0) is 68.9 Å². The second kappa shape index (κ2) is 8.32. The molecule has 2 fully saturated rings. The number of sulfonamides is 1. The minimum atomic E-state index is -3.53. The molecule has 1 aliphatic carbocycles. The summed E-state index contributed by atoms with van der Waals surface area (Å²) in [6.45, 7) is 2.47. The van der Waals surface area contributed by atoms with Gasteiger partial charge in [0, 0.05) is 24.5 Å². The molecule has 2 aliphatic rings. The summed E-state index contributed by atoms with van der Waals surface area (Å²) in [5, 5.41) is 17.6. The molecule has 1 aromatic carbocycles. The zero-order chi connectivity index (χ0) is 23.2. The van der Waals surface area contributed by atoms with E-state index < -0.39 is 10.0 Å². The van der Waals surface area contributed by atoms with Gasteiger partial charge < -0.3 is 10.3 Å². The monoisotopic (exact) mass is 466 g/mol. The van der Waals surface area contributed by atoms with E-state index in [1.165, 1.54) is 0 Å². The van der Waals surface area contributed by atoms with Crippen LogP contribution in [0.5, 0.6) is 0 Å². The van der Waals surface area contributed by atoms with Gasteiger partial charge in [0.15, 0.2) is 5.82 Å². The van der Waals surface area contributed by atoms with Gasteiger partial charge in [0.05, 0.1) is 28.9 Å². The van der Waals surface area contributed by atoms with Crippen molar-refractivity contribution < 1.29 is 8.42 Å². The van der Waals surface area contributed by atoms with Crippen molar-refractivity contribution in [2.75, 3.05) is 11.9 Å². The summed E-state index contributed by atoms with van der Waals surface area (Å²) in [5.74, 6) is 0.775. The Morgan fingerprint density at radius 1 is 1.24 bits per heavy atom. The molecule has 1 saturated carbocycles. The highest BCUT2D eigenvalue weighted by atomic mass is 32.2. The zero-order valence-corrected chi connectivity index (χ0v) is 19.2. The molecule has 3 heterocycles. The molecule has 0 bridgehead atoms. The third-order valence-corrected chi connectivity index (χ3v) is 8.65. The molecule has 0 radical (unpaired) electrons. The largest absolute Gasteiger partial charge is 0.338 e. The number of hydrogen-bond acceptors (Lipinski definition) is 6. The zero-order valence-electron chi connectivity index (χ0n) is 18.4. The molecule has 2 N–H and O–H groups in total. The summed E-state index contributed by atoms with van der Waals surface area (Å²) in [5.41, 5.74) is 1.03. The number of nitrogens with one attached hydrogen (secondary N) is 2. The molecule has 1 aliphatic heterocycles. The van der Waals surface area contributed by atoms with Crippen molar-refractivity contribution in [1.82, 2.24) is 19.1 Å². The van der Waals surface area contributed by atoms with Gasteiger partial charge in [-0.15, -0.1) is 0 Å². The molecule has 1 saturated heterocycles. The van der Waals surface area contributed by atoms with Crippen LogP contribution in [0.4, 0.5) is 11.5 Å². The fraction of sp³-hybridized carbons (Fsp3) is 0.435. The standard InChI is InChI=1S/C23H26N6O3S/c1-15-3-2-14-28(15)33(31,32)18-8-6-17(7-9-18)26-22-21-20(11-13-25-23(21)30)29(27-22)19(10-12-24)16-4-5-16/h6-9,11,13,15-16,19H,2-5,10,14H2,1H3,(H,25,30)(H,26,27). The van der Waals surface area contributed by atoms with Crippen molar-refractivity contribution >= 4 is 32.4 Å². The van der Waals surface area contributed by atoms with Crippen LogP contribution in [-0.4, -0.2) is 40.1 Å². The Morgan fingerprint density at radius 3 is 2.64 bits per heavy atom. The van der Waals surface area contributed by atoms with E-state index in [0.717, 1.165) is 25.7 Å². The average Bonchev–Trinajstić information content (AvgIpc) is 3.44. The van der Waals surface area contributed by atoms with Crippen molar-refractivity contribution in [3.8, 4) is 6.07 Å². The highest BCUT2D eigenvalue weighted by molar-refractivity contribution is 7.89. The summed E-state index contributed by atoms with van der Waals surface area (Å²) in [7, 11) is -3.53. The van der Waals surface area contributed by atoms with E-state index in [1.54, 1.807) is 45.5 Å². The fourth-order valence-electron chi connectivity index (χ4n) is 4.71. The van der Waals surface area contributed by atoms with Gasteiger partial charge in [-0.3, -0.25) is 9.48 Å². The molecule has 3 aromatic rings. The number of benzene rings is 1. The maximum Gasteiger partial charge on any atom is 0.261 e. The summed E-state index contributed by atoms with van der Waals surface area (Å²) < 4.78 is 29.3. The van der Waals surface area contributed by atoms with E-state index in [4.69, 9.17) is 0 Å². The van der Waals surface area contributed by atoms with E-state index in [1.807, 2.05) is 6.92 Å². The molecule has 2 atom stereocenters. The topological polar surface area (TPSA) is 124 Å². The molecular formula is C23H26N6O3S. The van der Waals surface area contributed by atoms with Gasteiger partial charge in [0.1, 0.15) is 5.39 Å². The van der Waals surface area contributed by atoms with Crippen LogP contribution in [0.25, 0.3) is 10.9 Å². The normalized spacial score (nSPS) is 20.1. The van der Waals surface area contributed by atoms with Crippen LogP contribution in [0.3, 0.4) is 0 Å². The molecule has 10 heteroatoms. The lowest BCUT2D eigenvalue weighted by Gasteiger charge is -2.21. The Balaban J connectivity index is 1.47. The van der Waals surface area contributed by atoms with Crippen LogP contribution in [-0.2, 0) is 10.0 Å². The first kappa shape index (κ1) is 21.7. The Labute approximate surface area is 192 Å². The molecule has 9 nitrogen and oxygen atoms in total. The minimum Gasteiger partial charge on any atom is -0.338 e. The molecule has 0 spiro atoms. The SMILES string of the molecule is CC1CCCN1S(=O)(=O)c1ccc(Nc2nn(C(CC#N)C3CC3)c3cc[nH]c(=O)c23)cc1. The smallest absolute Gasteiger partial charge is 0.261 e. The lowest BCUT2D eigenvalue weighted by atomic mass is 10.1. The second-order valence-electron chi connectivity index (χ2n) is 8.88. The van der Waals surface area contributed by atoms with Crippen molar-refractivity contribution in [3.05, 3.63) is 46.9 Å². The van der Waals surface area contributed by atoms with Crippen LogP contribution in [0, 0.1) is 17.2 Å². The average molecular weight is 467 g/mol. The maximum absolute atomic E-state index is 13.0. The molecule has 2 unspecified atom stereocenters. The van der Waals surface area contributed by atoms with E-state index in [2.05, 4.69) is 21.5 Å². The number of nitriles is 1. The number of rotatable bonds is 7.